The summed E-state index contributed by atoms with van der Waals surface area (Å²) in [4.78, 5) is 32.0. The van der Waals surface area contributed by atoms with Gasteiger partial charge in [-0.05, 0) is 30.7 Å². The van der Waals surface area contributed by atoms with Gasteiger partial charge >= 0.3 is 6.18 Å². The van der Waals surface area contributed by atoms with Gasteiger partial charge in [-0.15, -0.1) is 0 Å². The average Bonchev–Trinajstić information content (AvgIpc) is 2.72. The lowest BCUT2D eigenvalue weighted by Crippen LogP contribution is -2.20. The van der Waals surface area contributed by atoms with Gasteiger partial charge < -0.3 is 5.32 Å². The van der Waals surface area contributed by atoms with Gasteiger partial charge in [0, 0.05) is 17.4 Å². The molecule has 154 valence electrons. The summed E-state index contributed by atoms with van der Waals surface area (Å²) in [6.45, 7) is 1.41. The molecule has 0 radical (unpaired) electrons. The van der Waals surface area contributed by atoms with Crippen LogP contribution in [-0.2, 0) is 11.0 Å². The zero-order chi connectivity index (χ0) is 21.7. The lowest BCUT2D eigenvalue weighted by Gasteiger charge is -2.17. The van der Waals surface area contributed by atoms with Crippen molar-refractivity contribution in [3.05, 3.63) is 83.7 Å². The second kappa shape index (κ2) is 9.08. The van der Waals surface area contributed by atoms with Crippen LogP contribution in [-0.4, -0.2) is 21.7 Å². The number of hydrogen-bond acceptors (Lipinski definition) is 5. The van der Waals surface area contributed by atoms with E-state index in [4.69, 9.17) is 0 Å². The molecule has 1 heterocycles. The first-order valence-corrected chi connectivity index (χ1v) is 9.66. The molecule has 0 unspecified atom stereocenters. The Morgan fingerprint density at radius 2 is 1.77 bits per heavy atom. The maximum atomic E-state index is 13.0. The minimum Gasteiger partial charge on any atom is -0.325 e. The van der Waals surface area contributed by atoms with Crippen LogP contribution in [0.1, 0.15) is 33.8 Å². The van der Waals surface area contributed by atoms with Crippen molar-refractivity contribution in [1.82, 2.24) is 9.97 Å². The van der Waals surface area contributed by atoms with Crippen LogP contribution >= 0.6 is 11.8 Å². The Morgan fingerprint density at radius 3 is 2.43 bits per heavy atom. The number of carbonyl (C=O) groups is 2. The van der Waals surface area contributed by atoms with Gasteiger partial charge in [0.15, 0.2) is 10.9 Å². The van der Waals surface area contributed by atoms with E-state index in [0.29, 0.717) is 16.8 Å². The van der Waals surface area contributed by atoms with Crippen molar-refractivity contribution < 1.29 is 22.8 Å². The number of amides is 1. The van der Waals surface area contributed by atoms with E-state index in [1.807, 2.05) is 0 Å². The Hall–Kier alpha value is -3.20. The molecule has 0 saturated carbocycles. The van der Waals surface area contributed by atoms with E-state index < -0.39 is 23.0 Å². The highest BCUT2D eigenvalue weighted by molar-refractivity contribution is 8.00. The van der Waals surface area contributed by atoms with Gasteiger partial charge in [0.2, 0.25) is 5.91 Å². The Balaban J connectivity index is 1.89. The summed E-state index contributed by atoms with van der Waals surface area (Å²) in [7, 11) is 0. The molecule has 2 aromatic carbocycles. The molecular formula is C21H16F3N3O2S. The molecule has 0 bridgehead atoms. The van der Waals surface area contributed by atoms with Crippen molar-refractivity contribution >= 4 is 29.1 Å². The second-order valence-corrected chi connectivity index (χ2v) is 7.33. The molecule has 0 aliphatic carbocycles. The molecule has 1 aromatic heterocycles. The lowest BCUT2D eigenvalue weighted by atomic mass is 10.1. The fourth-order valence-corrected chi connectivity index (χ4v) is 3.53. The second-order valence-electron chi connectivity index (χ2n) is 6.26. The third-order valence-electron chi connectivity index (χ3n) is 4.02. The molecule has 1 atom stereocenters. The molecule has 0 fully saturated rings. The van der Waals surface area contributed by atoms with Gasteiger partial charge in [-0.2, -0.15) is 13.2 Å². The van der Waals surface area contributed by atoms with Crippen molar-refractivity contribution in [3.8, 4) is 0 Å². The molecule has 30 heavy (non-hydrogen) atoms. The van der Waals surface area contributed by atoms with Crippen molar-refractivity contribution in [1.29, 1.82) is 0 Å². The maximum Gasteiger partial charge on any atom is 0.433 e. The number of ketones is 1. The van der Waals surface area contributed by atoms with Gasteiger partial charge in [0.25, 0.3) is 0 Å². The zero-order valence-electron chi connectivity index (χ0n) is 15.7. The van der Waals surface area contributed by atoms with Gasteiger partial charge in [0.05, 0.1) is 0 Å². The third kappa shape index (κ3) is 5.44. The summed E-state index contributed by atoms with van der Waals surface area (Å²) >= 11 is 0.809. The maximum absolute atomic E-state index is 13.0. The van der Waals surface area contributed by atoms with Crippen LogP contribution in [0.2, 0.25) is 0 Å². The summed E-state index contributed by atoms with van der Waals surface area (Å²) in [5, 5.41) is 1.63. The molecule has 0 spiro atoms. The van der Waals surface area contributed by atoms with Gasteiger partial charge in [-0.3, -0.25) is 9.59 Å². The van der Waals surface area contributed by atoms with E-state index in [-0.39, 0.29) is 10.9 Å². The largest absolute Gasteiger partial charge is 0.433 e. The van der Waals surface area contributed by atoms with E-state index in [2.05, 4.69) is 15.3 Å². The molecule has 0 aliphatic rings. The predicted octanol–water partition coefficient (Wildman–Crippen LogP) is 5.17. The van der Waals surface area contributed by atoms with Crippen molar-refractivity contribution in [2.24, 2.45) is 0 Å². The highest BCUT2D eigenvalue weighted by atomic mass is 32.2. The van der Waals surface area contributed by atoms with Gasteiger partial charge in [0.1, 0.15) is 10.9 Å². The van der Waals surface area contributed by atoms with Crippen molar-refractivity contribution in [2.45, 2.75) is 23.5 Å². The topological polar surface area (TPSA) is 72.0 Å². The Labute approximate surface area is 174 Å². The number of nitrogens with one attached hydrogen (secondary N) is 1. The lowest BCUT2D eigenvalue weighted by molar-refractivity contribution is -0.141. The predicted molar refractivity (Wildman–Crippen MR) is 107 cm³/mol. The minimum atomic E-state index is -4.62. The number of aromatic nitrogens is 2. The van der Waals surface area contributed by atoms with Crippen LogP contribution in [0.4, 0.5) is 18.9 Å². The first-order chi connectivity index (χ1) is 14.2. The number of hydrogen-bond donors (Lipinski definition) is 1. The van der Waals surface area contributed by atoms with Crippen LogP contribution in [0.15, 0.2) is 72.0 Å². The molecule has 3 aromatic rings. The monoisotopic (exact) mass is 431 g/mol. The van der Waals surface area contributed by atoms with Crippen molar-refractivity contribution in [3.63, 3.8) is 0 Å². The number of rotatable bonds is 6. The normalized spacial score (nSPS) is 12.3. The molecule has 1 amide bonds. The fourth-order valence-electron chi connectivity index (χ4n) is 2.59. The van der Waals surface area contributed by atoms with E-state index in [9.17, 15) is 22.8 Å². The quantitative estimate of drug-likeness (QED) is 0.331. The minimum absolute atomic E-state index is 0.155. The number of nitrogens with zero attached hydrogens (tertiary/aromatic N) is 2. The number of Topliss-reactive ketones (excluding diaryl/α,β-unsaturated/α-hetero) is 1. The van der Waals surface area contributed by atoms with Crippen LogP contribution in [0, 0.1) is 0 Å². The summed E-state index contributed by atoms with van der Waals surface area (Å²) in [6.07, 6.45) is -3.61. The smallest absolute Gasteiger partial charge is 0.325 e. The number of anilines is 1. The molecule has 9 heteroatoms. The number of alkyl halides is 3. The van der Waals surface area contributed by atoms with Crippen LogP contribution in [0.3, 0.4) is 0 Å². The number of thioether (sulfide) groups is 1. The Bertz CT molecular complexity index is 1060. The first-order valence-electron chi connectivity index (χ1n) is 8.78. The molecule has 0 aliphatic heterocycles. The highest BCUT2D eigenvalue weighted by Gasteiger charge is 2.33. The summed E-state index contributed by atoms with van der Waals surface area (Å²) in [5.74, 6) is -0.634. The fraction of sp³-hybridized carbons (Fsp3) is 0.143. The number of benzene rings is 2. The van der Waals surface area contributed by atoms with Gasteiger partial charge in [-0.1, -0.05) is 54.2 Å². The van der Waals surface area contributed by atoms with E-state index in [0.717, 1.165) is 24.0 Å². The average molecular weight is 431 g/mol. The summed E-state index contributed by atoms with van der Waals surface area (Å²) in [5.41, 5.74) is 0.322. The SMILES string of the molecule is CC(=O)c1cccc(NC(=O)[C@@H](Sc2nccc(C(F)(F)F)n2)c2ccccc2)c1. The van der Waals surface area contributed by atoms with E-state index in [1.165, 1.54) is 13.0 Å². The Kier molecular flexibility index (Phi) is 6.51. The summed E-state index contributed by atoms with van der Waals surface area (Å²) < 4.78 is 38.9. The molecular weight excluding hydrogens is 415 g/mol. The number of carbonyl (C=O) groups excluding carboxylic acids is 2. The summed E-state index contributed by atoms with van der Waals surface area (Å²) in [6, 6.07) is 15.8. The standard InChI is InChI=1S/C21H16F3N3O2S/c1-13(28)15-8-5-9-16(12-15)26-19(29)18(14-6-3-2-4-7-14)30-20-25-11-10-17(27-20)21(22,23)24/h2-12,18H,1H3,(H,26,29)/t18-/m0/s1. The van der Waals surface area contributed by atoms with Crippen LogP contribution in [0.25, 0.3) is 0 Å². The molecule has 0 saturated heterocycles. The van der Waals surface area contributed by atoms with Crippen LogP contribution in [0.5, 0.6) is 0 Å². The van der Waals surface area contributed by atoms with Crippen LogP contribution < -0.4 is 5.32 Å². The van der Waals surface area contributed by atoms with Crippen molar-refractivity contribution in [2.75, 3.05) is 5.32 Å². The number of halogens is 3. The Morgan fingerprint density at radius 1 is 1.03 bits per heavy atom. The van der Waals surface area contributed by atoms with E-state index >= 15 is 0 Å². The molecule has 5 nitrogen and oxygen atoms in total. The third-order valence-corrected chi connectivity index (χ3v) is 5.15. The molecule has 3 rings (SSSR count). The molecule has 1 N–H and O–H groups in total. The highest BCUT2D eigenvalue weighted by Crippen LogP contribution is 2.36. The first kappa shape index (κ1) is 21.5. The zero-order valence-corrected chi connectivity index (χ0v) is 16.5. The van der Waals surface area contributed by atoms with Gasteiger partial charge in [-0.25, -0.2) is 9.97 Å². The van der Waals surface area contributed by atoms with E-state index in [1.54, 1.807) is 48.5 Å².